The molecule has 0 heterocycles. The Morgan fingerprint density at radius 2 is 1.71 bits per heavy atom. The largest absolute Gasteiger partial charge is 0.298 e. The van der Waals surface area contributed by atoms with E-state index in [0.29, 0.717) is 0 Å². The molecule has 1 rings (SSSR count). The molecule has 0 bridgehead atoms. The fourth-order valence-corrected chi connectivity index (χ4v) is 1.28. The molecule has 74 valence electrons. The zero-order chi connectivity index (χ0) is 10.7. The van der Waals surface area contributed by atoms with Crippen molar-refractivity contribution in [2.24, 2.45) is 0 Å². The van der Waals surface area contributed by atoms with E-state index in [4.69, 9.17) is 11.6 Å². The topological polar surface area (TPSA) is 34.1 Å². The van der Waals surface area contributed by atoms with Crippen molar-refractivity contribution in [3.8, 4) is 0 Å². The third-order valence-corrected chi connectivity index (χ3v) is 2.07. The first-order valence-corrected chi connectivity index (χ1v) is 4.00. The Labute approximate surface area is 83.5 Å². The molecule has 0 aromatic heterocycles. The second-order valence-electron chi connectivity index (χ2n) is 2.50. The predicted octanol–water partition coefficient (Wildman–Crippen LogP) is 2.90. The van der Waals surface area contributed by atoms with Crippen LogP contribution in [0.2, 0.25) is 5.02 Å². The first-order chi connectivity index (χ1) is 6.61. The molecule has 0 radical (unpaired) electrons. The fraction of sp³-hybridized carbons (Fsp3) is 0.111. The van der Waals surface area contributed by atoms with Gasteiger partial charge in [0.25, 0.3) is 6.43 Å². The zero-order valence-electron chi connectivity index (χ0n) is 6.84. The van der Waals surface area contributed by atoms with Crippen molar-refractivity contribution in [3.05, 3.63) is 33.8 Å². The Bertz CT molecular complexity index is 377. The molecule has 2 nitrogen and oxygen atoms in total. The van der Waals surface area contributed by atoms with E-state index >= 15 is 0 Å². The maximum atomic E-state index is 12.3. The molecule has 1 aromatic carbocycles. The van der Waals surface area contributed by atoms with Gasteiger partial charge in [0.1, 0.15) is 0 Å². The fourth-order valence-electron chi connectivity index (χ4n) is 1.07. The summed E-state index contributed by atoms with van der Waals surface area (Å²) in [5.74, 6) is 0. The van der Waals surface area contributed by atoms with Crippen LogP contribution in [-0.2, 0) is 0 Å². The molecule has 0 saturated carbocycles. The van der Waals surface area contributed by atoms with Crippen LogP contribution in [0.3, 0.4) is 0 Å². The van der Waals surface area contributed by atoms with Crippen LogP contribution < -0.4 is 0 Å². The van der Waals surface area contributed by atoms with E-state index in [9.17, 15) is 18.4 Å². The molecule has 0 aliphatic rings. The standard InChI is InChI=1S/C9H5ClF2O2/c10-8-2-1-5(9(11)12)6(3-13)7(8)4-14/h1-4,9H. The van der Waals surface area contributed by atoms with E-state index in [1.807, 2.05) is 0 Å². The maximum Gasteiger partial charge on any atom is 0.264 e. The lowest BCUT2D eigenvalue weighted by Gasteiger charge is -2.06. The second kappa shape index (κ2) is 4.28. The average Bonchev–Trinajstić information content (AvgIpc) is 2.16. The summed E-state index contributed by atoms with van der Waals surface area (Å²) in [5.41, 5.74) is -1.02. The van der Waals surface area contributed by atoms with Crippen molar-refractivity contribution >= 4 is 24.2 Å². The first kappa shape index (κ1) is 10.8. The van der Waals surface area contributed by atoms with E-state index in [-0.39, 0.29) is 28.7 Å². The Morgan fingerprint density at radius 3 is 2.14 bits per heavy atom. The summed E-state index contributed by atoms with van der Waals surface area (Å²) in [6.07, 6.45) is -2.30. The van der Waals surface area contributed by atoms with Crippen molar-refractivity contribution in [1.82, 2.24) is 0 Å². The maximum absolute atomic E-state index is 12.3. The number of hydrogen-bond donors (Lipinski definition) is 0. The third-order valence-electron chi connectivity index (χ3n) is 1.74. The van der Waals surface area contributed by atoms with Gasteiger partial charge < -0.3 is 0 Å². The Balaban J connectivity index is 3.48. The number of alkyl halides is 2. The molecule has 5 heteroatoms. The highest BCUT2D eigenvalue weighted by Crippen LogP contribution is 2.27. The molecule has 0 aliphatic heterocycles. The van der Waals surface area contributed by atoms with Crippen molar-refractivity contribution in [2.45, 2.75) is 6.43 Å². The number of carbonyl (C=O) groups is 2. The number of rotatable bonds is 3. The van der Waals surface area contributed by atoms with E-state index < -0.39 is 12.0 Å². The average molecular weight is 219 g/mol. The summed E-state index contributed by atoms with van der Waals surface area (Å²) in [5, 5.41) is -0.00787. The highest BCUT2D eigenvalue weighted by atomic mass is 35.5. The molecule has 0 saturated heterocycles. The lowest BCUT2D eigenvalue weighted by molar-refractivity contribution is 0.108. The first-order valence-electron chi connectivity index (χ1n) is 3.62. The van der Waals surface area contributed by atoms with Gasteiger partial charge in [-0.2, -0.15) is 0 Å². The van der Waals surface area contributed by atoms with Crippen LogP contribution in [0.4, 0.5) is 8.78 Å². The summed E-state index contributed by atoms with van der Waals surface area (Å²) in [6.45, 7) is 0. The van der Waals surface area contributed by atoms with Crippen molar-refractivity contribution in [3.63, 3.8) is 0 Å². The molecule has 14 heavy (non-hydrogen) atoms. The van der Waals surface area contributed by atoms with Gasteiger partial charge >= 0.3 is 0 Å². The molecule has 0 atom stereocenters. The molecule has 0 unspecified atom stereocenters. The molecule has 0 fully saturated rings. The van der Waals surface area contributed by atoms with Gasteiger partial charge in [-0.1, -0.05) is 17.7 Å². The van der Waals surface area contributed by atoms with E-state index in [0.717, 1.165) is 6.07 Å². The van der Waals surface area contributed by atoms with E-state index in [1.54, 1.807) is 0 Å². The monoisotopic (exact) mass is 218 g/mol. The Kier molecular flexibility index (Phi) is 3.30. The minimum atomic E-state index is -2.80. The summed E-state index contributed by atoms with van der Waals surface area (Å²) < 4.78 is 24.7. The van der Waals surface area contributed by atoms with E-state index in [1.165, 1.54) is 6.07 Å². The lowest BCUT2D eigenvalue weighted by atomic mass is 10.0. The molecule has 0 N–H and O–H groups in total. The van der Waals surface area contributed by atoms with Crippen LogP contribution in [0.5, 0.6) is 0 Å². The highest BCUT2D eigenvalue weighted by molar-refractivity contribution is 6.33. The minimum absolute atomic E-state index is 0.00787. The van der Waals surface area contributed by atoms with Crippen LogP contribution in [0.1, 0.15) is 32.7 Å². The normalized spacial score (nSPS) is 10.3. The van der Waals surface area contributed by atoms with Gasteiger partial charge in [0.05, 0.1) is 5.02 Å². The van der Waals surface area contributed by atoms with Crippen LogP contribution in [0.15, 0.2) is 12.1 Å². The quantitative estimate of drug-likeness (QED) is 0.731. The van der Waals surface area contributed by atoms with Gasteiger partial charge in [-0.25, -0.2) is 8.78 Å². The van der Waals surface area contributed by atoms with Crippen LogP contribution in [0, 0.1) is 0 Å². The lowest BCUT2D eigenvalue weighted by Crippen LogP contribution is -1.99. The third kappa shape index (κ3) is 1.80. The smallest absolute Gasteiger partial charge is 0.264 e. The van der Waals surface area contributed by atoms with Gasteiger partial charge in [-0.3, -0.25) is 9.59 Å². The number of halogens is 3. The van der Waals surface area contributed by atoms with Gasteiger partial charge in [-0.05, 0) is 6.07 Å². The number of carbonyl (C=O) groups excluding carboxylic acids is 2. The van der Waals surface area contributed by atoms with Crippen molar-refractivity contribution in [2.75, 3.05) is 0 Å². The van der Waals surface area contributed by atoms with Gasteiger partial charge in [-0.15, -0.1) is 0 Å². The Hall–Kier alpha value is -1.29. The molecule has 0 aliphatic carbocycles. The number of aldehydes is 2. The highest BCUT2D eigenvalue weighted by Gasteiger charge is 2.17. The molecule has 0 amide bonds. The summed E-state index contributed by atoms with van der Waals surface area (Å²) in [7, 11) is 0. The van der Waals surface area contributed by atoms with E-state index in [2.05, 4.69) is 0 Å². The molecular formula is C9H5ClF2O2. The van der Waals surface area contributed by atoms with Crippen molar-refractivity contribution < 1.29 is 18.4 Å². The minimum Gasteiger partial charge on any atom is -0.298 e. The molecule has 1 aromatic rings. The van der Waals surface area contributed by atoms with Crippen LogP contribution >= 0.6 is 11.6 Å². The predicted molar refractivity (Wildman–Crippen MR) is 47.2 cm³/mol. The van der Waals surface area contributed by atoms with Crippen LogP contribution in [-0.4, -0.2) is 12.6 Å². The van der Waals surface area contributed by atoms with Gasteiger partial charge in [0.15, 0.2) is 12.6 Å². The molecular weight excluding hydrogens is 214 g/mol. The van der Waals surface area contributed by atoms with Gasteiger partial charge in [0.2, 0.25) is 0 Å². The number of hydrogen-bond acceptors (Lipinski definition) is 2. The summed E-state index contributed by atoms with van der Waals surface area (Å²) >= 11 is 5.55. The zero-order valence-corrected chi connectivity index (χ0v) is 7.59. The van der Waals surface area contributed by atoms with Crippen molar-refractivity contribution in [1.29, 1.82) is 0 Å². The number of benzene rings is 1. The summed E-state index contributed by atoms with van der Waals surface area (Å²) in [6, 6.07) is 2.20. The second-order valence-corrected chi connectivity index (χ2v) is 2.91. The SMILES string of the molecule is O=Cc1c(Cl)ccc(C(F)F)c1C=O. The Morgan fingerprint density at radius 1 is 1.14 bits per heavy atom. The summed E-state index contributed by atoms with van der Waals surface area (Å²) in [4.78, 5) is 21.0. The van der Waals surface area contributed by atoms with Crippen LogP contribution in [0.25, 0.3) is 0 Å². The van der Waals surface area contributed by atoms with Gasteiger partial charge in [0, 0.05) is 16.7 Å². The molecule has 0 spiro atoms.